The van der Waals surface area contributed by atoms with Gasteiger partial charge in [0.05, 0.1) is 11.0 Å². The molecule has 1 saturated carbocycles. The minimum Gasteiger partial charge on any atom is -0.330 e. The van der Waals surface area contributed by atoms with Gasteiger partial charge in [0.1, 0.15) is 0 Å². The van der Waals surface area contributed by atoms with E-state index in [2.05, 4.69) is 6.92 Å². The quantitative estimate of drug-likeness (QED) is 0.590. The number of sulfone groups is 1. The largest absolute Gasteiger partial charge is 0.330 e. The predicted octanol–water partition coefficient (Wildman–Crippen LogP) is 2.50. The molecule has 1 rings (SSSR count). The summed E-state index contributed by atoms with van der Waals surface area (Å²) in [6, 6.07) is 0. The van der Waals surface area contributed by atoms with Crippen LogP contribution < -0.4 is 5.73 Å². The molecule has 0 spiro atoms. The Morgan fingerprint density at radius 1 is 1.12 bits per heavy atom. The summed E-state index contributed by atoms with van der Waals surface area (Å²) in [6.07, 6.45) is 8.07. The molecule has 1 fully saturated rings. The molecule has 0 radical (unpaired) electrons. The van der Waals surface area contributed by atoms with E-state index in [1.165, 1.54) is 0 Å². The van der Waals surface area contributed by atoms with Gasteiger partial charge >= 0.3 is 0 Å². The van der Waals surface area contributed by atoms with Crippen molar-refractivity contribution in [3.8, 4) is 0 Å². The van der Waals surface area contributed by atoms with Crippen LogP contribution in [0.5, 0.6) is 0 Å². The molecule has 1 aliphatic rings. The summed E-state index contributed by atoms with van der Waals surface area (Å²) in [5, 5.41) is -0.160. The van der Waals surface area contributed by atoms with Crippen molar-refractivity contribution in [3.63, 3.8) is 0 Å². The van der Waals surface area contributed by atoms with Gasteiger partial charge in [0.25, 0.3) is 0 Å². The number of hydrogen-bond donors (Lipinski definition) is 1. The minimum absolute atomic E-state index is 0.160. The van der Waals surface area contributed by atoms with Crippen LogP contribution >= 0.6 is 0 Å². The molecule has 4 heteroatoms. The summed E-state index contributed by atoms with van der Waals surface area (Å²) in [5.41, 5.74) is 5.75. The highest BCUT2D eigenvalue weighted by molar-refractivity contribution is 7.92. The highest BCUT2D eigenvalue weighted by Crippen LogP contribution is 2.28. The van der Waals surface area contributed by atoms with E-state index in [1.807, 2.05) is 0 Å². The van der Waals surface area contributed by atoms with Crippen LogP contribution in [0.25, 0.3) is 0 Å². The van der Waals surface area contributed by atoms with Crippen LogP contribution in [0.1, 0.15) is 58.3 Å². The van der Waals surface area contributed by atoms with Gasteiger partial charge < -0.3 is 5.73 Å². The molecule has 102 valence electrons. The maximum atomic E-state index is 12.3. The number of rotatable bonds is 6. The van der Waals surface area contributed by atoms with Crippen molar-refractivity contribution >= 4 is 9.84 Å². The van der Waals surface area contributed by atoms with Gasteiger partial charge in [-0.3, -0.25) is 0 Å². The van der Waals surface area contributed by atoms with E-state index < -0.39 is 9.84 Å². The molecule has 1 aliphatic carbocycles. The van der Waals surface area contributed by atoms with Crippen LogP contribution in [-0.2, 0) is 9.84 Å². The first kappa shape index (κ1) is 15.0. The van der Waals surface area contributed by atoms with Crippen LogP contribution in [0.4, 0.5) is 0 Å². The average molecular weight is 261 g/mol. The van der Waals surface area contributed by atoms with E-state index in [4.69, 9.17) is 5.73 Å². The summed E-state index contributed by atoms with van der Waals surface area (Å²) in [6.45, 7) is 2.62. The molecule has 0 aliphatic heterocycles. The normalized spacial score (nSPS) is 26.7. The second-order valence-corrected chi connectivity index (χ2v) is 7.59. The molecule has 2 unspecified atom stereocenters. The lowest BCUT2D eigenvalue weighted by Gasteiger charge is -2.23. The van der Waals surface area contributed by atoms with Crippen LogP contribution in [0.15, 0.2) is 0 Å². The van der Waals surface area contributed by atoms with E-state index in [-0.39, 0.29) is 11.2 Å². The lowest BCUT2D eigenvalue weighted by molar-refractivity contribution is 0.455. The summed E-state index contributed by atoms with van der Waals surface area (Å²) in [7, 11) is -2.92. The molecule has 0 bridgehead atoms. The zero-order valence-corrected chi connectivity index (χ0v) is 11.8. The van der Waals surface area contributed by atoms with Gasteiger partial charge in [0.2, 0.25) is 0 Å². The summed E-state index contributed by atoms with van der Waals surface area (Å²) in [4.78, 5) is 0. The standard InChI is InChI=1S/C13H27NO2S/c1-2-3-7-10-17(15,16)13-9-6-4-5-8-12(13)11-14/h12-13H,2-11,14H2,1H3. The van der Waals surface area contributed by atoms with Crippen LogP contribution in [0, 0.1) is 5.92 Å². The first-order chi connectivity index (χ1) is 8.11. The smallest absolute Gasteiger partial charge is 0.153 e. The Hall–Kier alpha value is -0.0900. The highest BCUT2D eigenvalue weighted by Gasteiger charge is 2.32. The average Bonchev–Trinajstić information content (AvgIpc) is 2.54. The van der Waals surface area contributed by atoms with Gasteiger partial charge in [0, 0.05) is 0 Å². The number of hydrogen-bond acceptors (Lipinski definition) is 3. The van der Waals surface area contributed by atoms with E-state index in [1.54, 1.807) is 0 Å². The zero-order valence-electron chi connectivity index (χ0n) is 11.0. The van der Waals surface area contributed by atoms with E-state index in [9.17, 15) is 8.42 Å². The Labute approximate surface area is 106 Å². The van der Waals surface area contributed by atoms with Crippen molar-refractivity contribution in [2.75, 3.05) is 12.3 Å². The lowest BCUT2D eigenvalue weighted by Crippen LogP contribution is -2.35. The molecular formula is C13H27NO2S. The van der Waals surface area contributed by atoms with Gasteiger partial charge in [-0.15, -0.1) is 0 Å². The van der Waals surface area contributed by atoms with Crippen LogP contribution in [0.3, 0.4) is 0 Å². The van der Waals surface area contributed by atoms with Crippen molar-refractivity contribution in [1.82, 2.24) is 0 Å². The third-order valence-electron chi connectivity index (χ3n) is 3.89. The predicted molar refractivity (Wildman–Crippen MR) is 72.7 cm³/mol. The highest BCUT2D eigenvalue weighted by atomic mass is 32.2. The van der Waals surface area contributed by atoms with Gasteiger partial charge in [-0.1, -0.05) is 39.0 Å². The van der Waals surface area contributed by atoms with Gasteiger partial charge in [-0.05, 0) is 31.7 Å². The molecule has 17 heavy (non-hydrogen) atoms. The Bertz CT molecular complexity index is 301. The maximum Gasteiger partial charge on any atom is 0.153 e. The van der Waals surface area contributed by atoms with Crippen molar-refractivity contribution in [1.29, 1.82) is 0 Å². The third-order valence-corrected chi connectivity index (χ3v) is 6.29. The first-order valence-electron chi connectivity index (χ1n) is 7.03. The van der Waals surface area contributed by atoms with Gasteiger partial charge in [-0.25, -0.2) is 8.42 Å². The molecule has 0 aromatic rings. The monoisotopic (exact) mass is 261 g/mol. The van der Waals surface area contributed by atoms with Crippen LogP contribution in [-0.4, -0.2) is 26.0 Å². The summed E-state index contributed by atoms with van der Waals surface area (Å²) >= 11 is 0. The topological polar surface area (TPSA) is 60.2 Å². The Kier molecular flexibility index (Phi) is 6.49. The Morgan fingerprint density at radius 3 is 2.47 bits per heavy atom. The van der Waals surface area contributed by atoms with Crippen LogP contribution in [0.2, 0.25) is 0 Å². The molecule has 2 N–H and O–H groups in total. The first-order valence-corrected chi connectivity index (χ1v) is 8.75. The fourth-order valence-electron chi connectivity index (χ4n) is 2.80. The molecule has 0 amide bonds. The molecule has 0 aromatic carbocycles. The van der Waals surface area contributed by atoms with Crippen molar-refractivity contribution in [2.24, 2.45) is 11.7 Å². The molecule has 0 aromatic heterocycles. The van der Waals surface area contributed by atoms with Gasteiger partial charge in [0.15, 0.2) is 9.84 Å². The van der Waals surface area contributed by atoms with Gasteiger partial charge in [-0.2, -0.15) is 0 Å². The lowest BCUT2D eigenvalue weighted by atomic mass is 10.0. The number of nitrogens with two attached hydrogens (primary N) is 1. The van der Waals surface area contributed by atoms with E-state index in [0.29, 0.717) is 12.3 Å². The molecule has 0 saturated heterocycles. The summed E-state index contributed by atoms with van der Waals surface area (Å²) < 4.78 is 24.7. The van der Waals surface area contributed by atoms with Crippen molar-refractivity contribution in [3.05, 3.63) is 0 Å². The molecule has 2 atom stereocenters. The third kappa shape index (κ3) is 4.59. The molecular weight excluding hydrogens is 234 g/mol. The zero-order chi connectivity index (χ0) is 12.7. The Morgan fingerprint density at radius 2 is 1.82 bits per heavy atom. The summed E-state index contributed by atoms with van der Waals surface area (Å²) in [5.74, 6) is 0.561. The van der Waals surface area contributed by atoms with E-state index >= 15 is 0 Å². The SMILES string of the molecule is CCCCCS(=O)(=O)C1CCCCCC1CN. The minimum atomic E-state index is -2.92. The molecule has 0 heterocycles. The maximum absolute atomic E-state index is 12.3. The Balaban J connectivity index is 2.64. The van der Waals surface area contributed by atoms with Crippen molar-refractivity contribution in [2.45, 2.75) is 63.5 Å². The fourth-order valence-corrected chi connectivity index (χ4v) is 5.07. The fraction of sp³-hybridized carbons (Fsp3) is 1.00. The van der Waals surface area contributed by atoms with Crippen molar-refractivity contribution < 1.29 is 8.42 Å². The number of unbranched alkanes of at least 4 members (excludes halogenated alkanes) is 2. The molecule has 3 nitrogen and oxygen atoms in total. The second-order valence-electron chi connectivity index (χ2n) is 5.25. The van der Waals surface area contributed by atoms with E-state index in [0.717, 1.165) is 51.4 Å². The second kappa shape index (κ2) is 7.37.